The number of carbonyl (C=O) groups excluding carboxylic acids is 1. The second-order valence-electron chi connectivity index (χ2n) is 4.16. The second kappa shape index (κ2) is 6.02. The van der Waals surface area contributed by atoms with Gasteiger partial charge in [-0.05, 0) is 36.8 Å². The average molecular weight is 272 g/mol. The summed E-state index contributed by atoms with van der Waals surface area (Å²) in [5, 5.41) is 9.02. The second-order valence-corrected chi connectivity index (χ2v) is 4.16. The quantitative estimate of drug-likeness (QED) is 0.804. The lowest BCUT2D eigenvalue weighted by molar-refractivity contribution is 0.0514. The number of carbonyl (C=O) groups is 1. The Morgan fingerprint density at radius 3 is 2.95 bits per heavy atom. The van der Waals surface area contributed by atoms with Gasteiger partial charge < -0.3 is 9.30 Å². The van der Waals surface area contributed by atoms with Gasteiger partial charge in [0.1, 0.15) is 11.5 Å². The minimum Gasteiger partial charge on any atom is -0.461 e. The monoisotopic (exact) mass is 272 g/mol. The maximum atomic E-state index is 13.1. The third-order valence-corrected chi connectivity index (χ3v) is 2.85. The Bertz CT molecular complexity index is 671. The molecule has 0 aliphatic heterocycles. The van der Waals surface area contributed by atoms with Crippen molar-refractivity contribution < 1.29 is 13.9 Å². The van der Waals surface area contributed by atoms with Gasteiger partial charge in [-0.15, -0.1) is 0 Å². The van der Waals surface area contributed by atoms with Crippen LogP contribution in [0.3, 0.4) is 0 Å². The van der Waals surface area contributed by atoms with Gasteiger partial charge in [0, 0.05) is 12.7 Å². The lowest BCUT2D eigenvalue weighted by Gasteiger charge is -2.10. The Labute approximate surface area is 116 Å². The van der Waals surface area contributed by atoms with Crippen LogP contribution in [0.2, 0.25) is 0 Å². The van der Waals surface area contributed by atoms with Crippen LogP contribution < -0.4 is 0 Å². The van der Waals surface area contributed by atoms with Crippen molar-refractivity contribution >= 4 is 5.97 Å². The van der Waals surface area contributed by atoms with E-state index in [4.69, 9.17) is 10.00 Å². The molecule has 102 valence electrons. The Morgan fingerprint density at radius 1 is 1.45 bits per heavy atom. The summed E-state index contributed by atoms with van der Waals surface area (Å²) < 4.78 is 19.7. The van der Waals surface area contributed by atoms with Crippen LogP contribution in [0.5, 0.6) is 0 Å². The number of esters is 1. The molecule has 0 bridgehead atoms. The number of rotatable bonds is 4. The SMILES string of the molecule is CCOC(=O)c1cccn1Cc1ccc(F)cc1C#N. The number of hydrogen-bond acceptors (Lipinski definition) is 3. The third kappa shape index (κ3) is 2.86. The van der Waals surface area contributed by atoms with Gasteiger partial charge in [0.05, 0.1) is 18.2 Å². The molecule has 2 rings (SSSR count). The Kier molecular flexibility index (Phi) is 4.16. The summed E-state index contributed by atoms with van der Waals surface area (Å²) in [6.45, 7) is 2.34. The van der Waals surface area contributed by atoms with Crippen molar-refractivity contribution in [2.45, 2.75) is 13.5 Å². The van der Waals surface area contributed by atoms with Gasteiger partial charge in [0.25, 0.3) is 0 Å². The van der Waals surface area contributed by atoms with Crippen LogP contribution in [0.15, 0.2) is 36.5 Å². The molecule has 1 heterocycles. The van der Waals surface area contributed by atoms with Crippen molar-refractivity contribution in [3.63, 3.8) is 0 Å². The summed E-state index contributed by atoms with van der Waals surface area (Å²) in [5.74, 6) is -0.874. The highest BCUT2D eigenvalue weighted by Crippen LogP contribution is 2.14. The molecule has 0 amide bonds. The first-order chi connectivity index (χ1) is 9.65. The molecule has 0 fully saturated rings. The van der Waals surface area contributed by atoms with E-state index in [1.807, 2.05) is 6.07 Å². The number of aromatic nitrogens is 1. The fourth-order valence-electron chi connectivity index (χ4n) is 1.92. The van der Waals surface area contributed by atoms with Crippen molar-refractivity contribution in [2.24, 2.45) is 0 Å². The molecule has 0 spiro atoms. The van der Waals surface area contributed by atoms with E-state index >= 15 is 0 Å². The van der Waals surface area contributed by atoms with Crippen LogP contribution in [-0.2, 0) is 11.3 Å². The van der Waals surface area contributed by atoms with Crippen molar-refractivity contribution in [1.29, 1.82) is 5.26 Å². The zero-order valence-corrected chi connectivity index (χ0v) is 11.0. The number of halogens is 1. The standard InChI is InChI=1S/C15H13FN2O2/c1-2-20-15(19)14-4-3-7-18(14)10-11-5-6-13(16)8-12(11)9-17/h3-8H,2,10H2,1H3. The fraction of sp³-hybridized carbons (Fsp3) is 0.200. The summed E-state index contributed by atoms with van der Waals surface area (Å²) >= 11 is 0. The molecule has 1 aromatic carbocycles. The van der Waals surface area contributed by atoms with Gasteiger partial charge >= 0.3 is 5.97 Å². The summed E-state index contributed by atoms with van der Waals surface area (Å²) in [7, 11) is 0. The molecule has 2 aromatic rings. The summed E-state index contributed by atoms with van der Waals surface area (Å²) in [4.78, 5) is 11.8. The molecule has 0 aliphatic rings. The van der Waals surface area contributed by atoms with E-state index in [0.717, 1.165) is 0 Å². The molecule has 0 N–H and O–H groups in total. The Balaban J connectivity index is 2.30. The van der Waals surface area contributed by atoms with Crippen LogP contribution in [-0.4, -0.2) is 17.1 Å². The van der Waals surface area contributed by atoms with E-state index < -0.39 is 11.8 Å². The Morgan fingerprint density at radius 2 is 2.25 bits per heavy atom. The lowest BCUT2D eigenvalue weighted by Crippen LogP contribution is -2.12. The van der Waals surface area contributed by atoms with Gasteiger partial charge in [-0.3, -0.25) is 0 Å². The predicted octanol–water partition coefficient (Wildman–Crippen LogP) is 2.72. The highest BCUT2D eigenvalue weighted by atomic mass is 19.1. The van der Waals surface area contributed by atoms with E-state index in [1.165, 1.54) is 12.1 Å². The Hall–Kier alpha value is -2.61. The average Bonchev–Trinajstić information content (AvgIpc) is 2.89. The topological polar surface area (TPSA) is 55.0 Å². The molecule has 4 nitrogen and oxygen atoms in total. The smallest absolute Gasteiger partial charge is 0.354 e. The minimum atomic E-state index is -0.455. The highest BCUT2D eigenvalue weighted by Gasteiger charge is 2.13. The zero-order chi connectivity index (χ0) is 14.5. The lowest BCUT2D eigenvalue weighted by atomic mass is 10.1. The van der Waals surface area contributed by atoms with Crippen LogP contribution in [0.1, 0.15) is 28.5 Å². The highest BCUT2D eigenvalue weighted by molar-refractivity contribution is 5.87. The minimum absolute atomic E-state index is 0.258. The van der Waals surface area contributed by atoms with E-state index in [9.17, 15) is 9.18 Å². The maximum Gasteiger partial charge on any atom is 0.354 e. The van der Waals surface area contributed by atoms with Crippen LogP contribution >= 0.6 is 0 Å². The molecule has 0 saturated heterocycles. The molecule has 0 aliphatic carbocycles. The third-order valence-electron chi connectivity index (χ3n) is 2.85. The molecular formula is C15H13FN2O2. The molecule has 0 radical (unpaired) electrons. The zero-order valence-electron chi connectivity index (χ0n) is 11.0. The van der Waals surface area contributed by atoms with Gasteiger partial charge in [0.15, 0.2) is 0 Å². The number of nitrogens with zero attached hydrogens (tertiary/aromatic N) is 2. The van der Waals surface area contributed by atoms with Gasteiger partial charge in [-0.1, -0.05) is 6.07 Å². The van der Waals surface area contributed by atoms with E-state index in [-0.39, 0.29) is 5.56 Å². The molecule has 0 atom stereocenters. The van der Waals surface area contributed by atoms with Crippen LogP contribution in [0.4, 0.5) is 4.39 Å². The summed E-state index contributed by atoms with van der Waals surface area (Å²) in [5.41, 5.74) is 1.31. The summed E-state index contributed by atoms with van der Waals surface area (Å²) in [6.07, 6.45) is 1.72. The van der Waals surface area contributed by atoms with Gasteiger partial charge in [-0.25, -0.2) is 9.18 Å². The van der Waals surface area contributed by atoms with Gasteiger partial charge in [-0.2, -0.15) is 5.26 Å². The predicted molar refractivity (Wildman–Crippen MR) is 70.6 cm³/mol. The van der Waals surface area contributed by atoms with Crippen molar-refractivity contribution in [3.05, 3.63) is 59.2 Å². The van der Waals surface area contributed by atoms with E-state index in [2.05, 4.69) is 0 Å². The van der Waals surface area contributed by atoms with Crippen molar-refractivity contribution in [3.8, 4) is 6.07 Å². The molecule has 20 heavy (non-hydrogen) atoms. The number of benzene rings is 1. The number of hydrogen-bond donors (Lipinski definition) is 0. The molecule has 1 aromatic heterocycles. The summed E-state index contributed by atoms with van der Waals surface area (Å²) in [6, 6.07) is 9.35. The molecule has 0 unspecified atom stereocenters. The molecule has 0 saturated carbocycles. The normalized spacial score (nSPS) is 10.1. The fourth-order valence-corrected chi connectivity index (χ4v) is 1.92. The van der Waals surface area contributed by atoms with Crippen LogP contribution in [0.25, 0.3) is 0 Å². The van der Waals surface area contributed by atoms with Crippen molar-refractivity contribution in [2.75, 3.05) is 6.61 Å². The first-order valence-corrected chi connectivity index (χ1v) is 6.16. The van der Waals surface area contributed by atoms with E-state index in [1.54, 1.807) is 35.9 Å². The molecule has 5 heteroatoms. The van der Waals surface area contributed by atoms with Crippen molar-refractivity contribution in [1.82, 2.24) is 4.57 Å². The first-order valence-electron chi connectivity index (χ1n) is 6.16. The number of ether oxygens (including phenoxy) is 1. The maximum absolute atomic E-state index is 13.1. The van der Waals surface area contributed by atoms with Crippen LogP contribution in [0, 0.1) is 17.1 Å². The van der Waals surface area contributed by atoms with Gasteiger partial charge in [0.2, 0.25) is 0 Å². The number of nitriles is 1. The molecular weight excluding hydrogens is 259 g/mol. The first kappa shape index (κ1) is 13.8. The van der Waals surface area contributed by atoms with E-state index in [0.29, 0.717) is 24.4 Å². The largest absolute Gasteiger partial charge is 0.461 e.